The van der Waals surface area contributed by atoms with E-state index in [1.807, 2.05) is 31.2 Å². The van der Waals surface area contributed by atoms with Crippen LogP contribution in [-0.2, 0) is 11.3 Å². The molecule has 25 heavy (non-hydrogen) atoms. The lowest BCUT2D eigenvalue weighted by Gasteiger charge is -2.35. The molecule has 1 aliphatic rings. The number of carbonyl (C=O) groups excluding carboxylic acids is 1. The minimum absolute atomic E-state index is 0.291. The topological polar surface area (TPSA) is 45.9 Å². The Balaban J connectivity index is 1.75. The summed E-state index contributed by atoms with van der Waals surface area (Å²) in [5, 5.41) is 0.842. The van der Waals surface area contributed by atoms with Crippen LogP contribution in [0.25, 0.3) is 11.0 Å². The Morgan fingerprint density at radius 2 is 1.84 bits per heavy atom. The fourth-order valence-electron chi connectivity index (χ4n) is 3.48. The van der Waals surface area contributed by atoms with E-state index in [1.54, 1.807) is 0 Å². The van der Waals surface area contributed by atoms with Crippen molar-refractivity contribution in [2.75, 3.05) is 39.3 Å². The van der Waals surface area contributed by atoms with Crippen molar-refractivity contribution in [2.24, 2.45) is 5.92 Å². The molecule has 1 aromatic carbocycles. The third-order valence-electron chi connectivity index (χ3n) is 4.60. The van der Waals surface area contributed by atoms with E-state index in [2.05, 4.69) is 23.6 Å². The Morgan fingerprint density at radius 3 is 2.52 bits per heavy atom. The highest BCUT2D eigenvalue weighted by Gasteiger charge is 2.25. The van der Waals surface area contributed by atoms with Gasteiger partial charge in [-0.1, -0.05) is 32.0 Å². The zero-order valence-corrected chi connectivity index (χ0v) is 15.5. The number of ether oxygens (including phenoxy) is 1. The summed E-state index contributed by atoms with van der Waals surface area (Å²) in [5.74, 6) is 1.12. The second kappa shape index (κ2) is 8.02. The Kier molecular flexibility index (Phi) is 5.76. The summed E-state index contributed by atoms with van der Waals surface area (Å²) in [6.07, 6.45) is 0. The molecule has 0 bridgehead atoms. The van der Waals surface area contributed by atoms with Gasteiger partial charge in [0, 0.05) is 38.1 Å². The zero-order valence-electron chi connectivity index (χ0n) is 15.5. The highest BCUT2D eigenvalue weighted by molar-refractivity contribution is 6.04. The number of nitrogens with zero attached hydrogens (tertiary/aromatic N) is 2. The monoisotopic (exact) mass is 344 g/mol. The summed E-state index contributed by atoms with van der Waals surface area (Å²) in [5.41, 5.74) is 1.33. The summed E-state index contributed by atoms with van der Waals surface area (Å²) in [4.78, 5) is 17.3. The molecule has 1 aliphatic heterocycles. The third-order valence-corrected chi connectivity index (χ3v) is 4.60. The number of esters is 1. The van der Waals surface area contributed by atoms with Gasteiger partial charge in [-0.05, 0) is 18.9 Å². The Hall–Kier alpha value is -1.85. The first kappa shape index (κ1) is 18.0. The predicted octanol–water partition coefficient (Wildman–Crippen LogP) is 3.38. The molecule has 0 saturated carbocycles. The second-order valence-electron chi connectivity index (χ2n) is 7.09. The van der Waals surface area contributed by atoms with E-state index < -0.39 is 0 Å². The zero-order chi connectivity index (χ0) is 17.8. The molecule has 1 aromatic heterocycles. The van der Waals surface area contributed by atoms with Crippen LogP contribution in [0, 0.1) is 5.92 Å². The van der Waals surface area contributed by atoms with Crippen molar-refractivity contribution >= 4 is 16.9 Å². The third kappa shape index (κ3) is 4.22. The van der Waals surface area contributed by atoms with Gasteiger partial charge in [0.15, 0.2) is 0 Å². The quantitative estimate of drug-likeness (QED) is 0.752. The van der Waals surface area contributed by atoms with Crippen LogP contribution in [-0.4, -0.2) is 55.1 Å². The number of piperazine rings is 1. The maximum absolute atomic E-state index is 12.4. The molecule has 0 aliphatic carbocycles. The Morgan fingerprint density at radius 1 is 1.16 bits per heavy atom. The van der Waals surface area contributed by atoms with E-state index >= 15 is 0 Å². The van der Waals surface area contributed by atoms with Gasteiger partial charge in [0.1, 0.15) is 16.9 Å². The van der Waals surface area contributed by atoms with Crippen LogP contribution < -0.4 is 0 Å². The van der Waals surface area contributed by atoms with Gasteiger partial charge in [-0.3, -0.25) is 4.90 Å². The minimum Gasteiger partial charge on any atom is -0.462 e. The number of furan rings is 1. The molecule has 0 N–H and O–H groups in total. The highest BCUT2D eigenvalue weighted by atomic mass is 16.5. The van der Waals surface area contributed by atoms with Crippen molar-refractivity contribution in [3.63, 3.8) is 0 Å². The number of benzene rings is 1. The average Bonchev–Trinajstić information content (AvgIpc) is 2.94. The Labute approximate surface area is 149 Å². The van der Waals surface area contributed by atoms with Gasteiger partial charge in [0.25, 0.3) is 0 Å². The van der Waals surface area contributed by atoms with Crippen LogP contribution in [0.1, 0.15) is 36.9 Å². The molecule has 136 valence electrons. The first-order valence-corrected chi connectivity index (χ1v) is 9.20. The van der Waals surface area contributed by atoms with Gasteiger partial charge in [0.2, 0.25) is 0 Å². The summed E-state index contributed by atoms with van der Waals surface area (Å²) in [6.45, 7) is 12.6. The number of rotatable bonds is 6. The molecular formula is C20H28N2O3. The molecule has 5 nitrogen and oxygen atoms in total. The molecule has 0 spiro atoms. The molecule has 1 saturated heterocycles. The van der Waals surface area contributed by atoms with E-state index in [-0.39, 0.29) is 5.97 Å². The van der Waals surface area contributed by atoms with Gasteiger partial charge in [-0.25, -0.2) is 4.79 Å². The van der Waals surface area contributed by atoms with Gasteiger partial charge in [-0.2, -0.15) is 0 Å². The molecule has 3 rings (SSSR count). The Bertz CT molecular complexity index is 715. The van der Waals surface area contributed by atoms with Crippen molar-refractivity contribution in [1.82, 2.24) is 9.80 Å². The van der Waals surface area contributed by atoms with E-state index in [9.17, 15) is 4.79 Å². The van der Waals surface area contributed by atoms with Gasteiger partial charge in [-0.15, -0.1) is 0 Å². The largest absolute Gasteiger partial charge is 0.462 e. The standard InChI is InChI=1S/C20H28N2O3/c1-4-24-20(23)19-16-7-5-6-8-17(16)25-18(19)14-22-11-9-21(10-12-22)13-15(2)3/h5-8,15H,4,9-14H2,1-3H3. The highest BCUT2D eigenvalue weighted by Crippen LogP contribution is 2.28. The molecule has 5 heteroatoms. The molecule has 0 radical (unpaired) electrons. The predicted molar refractivity (Wildman–Crippen MR) is 98.7 cm³/mol. The van der Waals surface area contributed by atoms with Crippen molar-refractivity contribution in [3.8, 4) is 0 Å². The van der Waals surface area contributed by atoms with Crippen molar-refractivity contribution in [3.05, 3.63) is 35.6 Å². The van der Waals surface area contributed by atoms with Crippen LogP contribution in [0.15, 0.2) is 28.7 Å². The average molecular weight is 344 g/mol. The molecular weight excluding hydrogens is 316 g/mol. The van der Waals surface area contributed by atoms with E-state index in [4.69, 9.17) is 9.15 Å². The fourth-order valence-corrected chi connectivity index (χ4v) is 3.48. The normalized spacial score (nSPS) is 16.6. The van der Waals surface area contributed by atoms with Crippen molar-refractivity contribution in [1.29, 1.82) is 0 Å². The molecule has 0 unspecified atom stereocenters. The molecule has 2 aromatic rings. The summed E-state index contributed by atoms with van der Waals surface area (Å²) < 4.78 is 11.3. The number of para-hydroxylation sites is 1. The lowest BCUT2D eigenvalue weighted by Crippen LogP contribution is -2.46. The summed E-state index contributed by atoms with van der Waals surface area (Å²) >= 11 is 0. The van der Waals surface area contributed by atoms with Crippen molar-refractivity contribution < 1.29 is 13.9 Å². The van der Waals surface area contributed by atoms with Gasteiger partial charge >= 0.3 is 5.97 Å². The number of hydrogen-bond donors (Lipinski definition) is 0. The lowest BCUT2D eigenvalue weighted by atomic mass is 10.1. The number of hydrogen-bond acceptors (Lipinski definition) is 5. The first-order chi connectivity index (χ1) is 12.1. The maximum atomic E-state index is 12.4. The molecule has 2 heterocycles. The maximum Gasteiger partial charge on any atom is 0.342 e. The van der Waals surface area contributed by atoms with Crippen molar-refractivity contribution in [2.45, 2.75) is 27.3 Å². The number of fused-ring (bicyclic) bond motifs is 1. The van der Waals surface area contributed by atoms with Crippen LogP contribution in [0.5, 0.6) is 0 Å². The van der Waals surface area contributed by atoms with E-state index in [0.29, 0.717) is 24.6 Å². The van der Waals surface area contributed by atoms with Crippen LogP contribution in [0.2, 0.25) is 0 Å². The molecule has 0 amide bonds. The summed E-state index contributed by atoms with van der Waals surface area (Å²) in [6, 6.07) is 7.68. The van der Waals surface area contributed by atoms with Gasteiger partial charge in [0.05, 0.1) is 13.2 Å². The second-order valence-corrected chi connectivity index (χ2v) is 7.09. The first-order valence-electron chi connectivity index (χ1n) is 9.20. The van der Waals surface area contributed by atoms with Crippen LogP contribution in [0.3, 0.4) is 0 Å². The van der Waals surface area contributed by atoms with Crippen LogP contribution >= 0.6 is 0 Å². The van der Waals surface area contributed by atoms with E-state index in [1.165, 1.54) is 0 Å². The molecule has 1 fully saturated rings. The molecule has 0 atom stereocenters. The van der Waals surface area contributed by atoms with Crippen LogP contribution in [0.4, 0.5) is 0 Å². The number of carbonyl (C=O) groups is 1. The lowest BCUT2D eigenvalue weighted by molar-refractivity contribution is 0.0522. The minimum atomic E-state index is -0.291. The summed E-state index contributed by atoms with van der Waals surface area (Å²) in [7, 11) is 0. The van der Waals surface area contributed by atoms with Gasteiger partial charge < -0.3 is 14.1 Å². The SMILES string of the molecule is CCOC(=O)c1c(CN2CCN(CC(C)C)CC2)oc2ccccc12. The van der Waals surface area contributed by atoms with E-state index in [0.717, 1.165) is 49.5 Å². The smallest absolute Gasteiger partial charge is 0.342 e. The fraction of sp³-hybridized carbons (Fsp3) is 0.550.